The van der Waals surface area contributed by atoms with Crippen molar-refractivity contribution in [3.8, 4) is 47.9 Å². The van der Waals surface area contributed by atoms with Crippen LogP contribution in [0.5, 0.6) is 0 Å². The number of carbonyl (C=O) groups is 3. The number of aliphatic hydroxyl groups is 1. The van der Waals surface area contributed by atoms with E-state index in [-0.39, 0.29) is 77.0 Å². The van der Waals surface area contributed by atoms with Crippen LogP contribution in [0.1, 0.15) is 101 Å². The SMILES string of the molecule is C#C[C@@H]1CCCO1.CCOP(C)(=O)CC(=O)Nc1cc2c(Nc3ccc(F)c(Cl)c3)ncnc2cc1C#C[C@@H]1CCCO1.CN(C)C/C=C/C(=O)Nc1cc2c(Nc3ccc(F)c(Cl)c3)ncnc2cc1C#C[C@@H]1CCCO1.Nc1cc2c(Nc3ccc(F)c(Cl)c3)ncnc2cc1C#C[C@@H]1CCCO1.O=C[C@@H]1CCCO1.OC[C@@H]1CCCO1. The number of aromatic nitrogens is 6. The second kappa shape index (κ2) is 46.3. The number of nitrogens with two attached hydrogens (primary N) is 1. The van der Waals surface area contributed by atoms with E-state index in [0.717, 1.165) is 115 Å². The van der Waals surface area contributed by atoms with Crippen LogP contribution < -0.4 is 32.3 Å². The number of nitrogen functional groups attached to an aromatic ring is 1. The molecule has 1 unspecified atom stereocenters. The van der Waals surface area contributed by atoms with Crippen LogP contribution in [-0.2, 0) is 51.9 Å². The van der Waals surface area contributed by atoms with Crippen LogP contribution in [0.2, 0.25) is 15.1 Å². The van der Waals surface area contributed by atoms with Crippen molar-refractivity contribution in [3.63, 3.8) is 0 Å². The van der Waals surface area contributed by atoms with Crippen molar-refractivity contribution in [1.82, 2.24) is 34.8 Å². The summed E-state index contributed by atoms with van der Waals surface area (Å²) < 4.78 is 90.0. The van der Waals surface area contributed by atoms with E-state index >= 15 is 0 Å². The fraction of sp³-hybridized carbons (Fsp3) is 0.368. The maximum absolute atomic E-state index is 13.6. The zero-order valence-electron chi connectivity index (χ0n) is 66.1. The lowest BCUT2D eigenvalue weighted by Crippen LogP contribution is -2.18. The summed E-state index contributed by atoms with van der Waals surface area (Å²) in [5.74, 6) is 20.4. The van der Waals surface area contributed by atoms with Gasteiger partial charge in [-0.2, -0.15) is 0 Å². The van der Waals surface area contributed by atoms with Crippen molar-refractivity contribution in [1.29, 1.82) is 0 Å². The monoisotopic (exact) mass is 1700 g/mol. The molecule has 6 aromatic carbocycles. The van der Waals surface area contributed by atoms with E-state index in [1.165, 1.54) is 74.2 Å². The molecule has 6 aliphatic heterocycles. The van der Waals surface area contributed by atoms with Crippen LogP contribution in [-0.4, -0.2) is 181 Å². The molecule has 0 spiro atoms. The molecule has 32 heteroatoms. The molecule has 0 bridgehead atoms. The summed E-state index contributed by atoms with van der Waals surface area (Å²) in [6.45, 7) is 8.81. The van der Waals surface area contributed by atoms with Gasteiger partial charge in [0.1, 0.15) is 96.9 Å². The fourth-order valence-corrected chi connectivity index (χ4v) is 14.1. The summed E-state index contributed by atoms with van der Waals surface area (Å²) >= 11 is 17.7. The third-order valence-electron chi connectivity index (χ3n) is 18.4. The number of aldehydes is 1. The summed E-state index contributed by atoms with van der Waals surface area (Å²) in [5.41, 5.74) is 13.1. The standard InChI is InChI=1S/C26H25ClFN5O2.C25H25ClFN4O4P.C20H16ClFN4O.C6H8O.C5H10O2.C5H8O2/c1-33(2)11-3-6-25(34)32-23-15-20-24(13-17(23)7-9-19-5-4-12-35-19)29-16-30-26(20)31-18-8-10-22(28)21(27)14-18;1-3-35-36(2,33)14-24(32)31-22-13-19-23(11-16(22)6-8-18-5-4-10-34-18)28-15-29-25(19)30-17-7-9-21(27)20(26)12-17;21-16-9-13(4-6-17(16)22)26-20-15-10-18(23)12(8-19(15)24-11-25-20)3-5-14-2-1-7-27-14;1-2-6-4-3-5-7-6;2*6-4-5-2-1-3-7-5/h3,6,8,10,13-16,19H,4-5,11-12H2,1-2H3,(H,32,34)(H,29,30,31);7,9,11-13,15,18H,3-5,10,14H2,1-2H3,(H,31,32)(H,28,29,30);4,6,8-11,14H,1-2,7,23H2,(H,24,25,26);1,6H,3-5H2;5-6H,1-4H2;4-5H,1-3H2/b6-3+;;;;;/t19-;18-,36?;14-;6-;2*5-/m000100/s1. The smallest absolute Gasteiger partial charge is 0.248 e. The Labute approximate surface area is 704 Å². The molecule has 119 heavy (non-hydrogen) atoms. The number of nitrogens with zero attached hydrogens (tertiary/aromatic N) is 7. The Morgan fingerprint density at radius 3 is 1.35 bits per heavy atom. The van der Waals surface area contributed by atoms with Gasteiger partial charge in [0.2, 0.25) is 19.2 Å². The number of hydrogen-bond acceptors (Lipinski definition) is 23. The molecule has 9 aromatic rings. The molecule has 6 aliphatic rings. The molecule has 6 fully saturated rings. The Morgan fingerprint density at radius 1 is 0.580 bits per heavy atom. The molecule has 8 N–H and O–H groups in total. The molecule has 7 atom stereocenters. The van der Waals surface area contributed by atoms with Crippen LogP contribution in [0.15, 0.2) is 122 Å². The number of likely N-dealkylation sites (N-methyl/N-ethyl adjacent to an activating group) is 1. The number of halogens is 6. The second-order valence-corrected chi connectivity index (χ2v) is 31.8. The van der Waals surface area contributed by atoms with Gasteiger partial charge in [0.25, 0.3) is 0 Å². The fourth-order valence-electron chi connectivity index (χ4n) is 12.3. The minimum atomic E-state index is -3.09. The van der Waals surface area contributed by atoms with E-state index in [9.17, 15) is 32.1 Å². The molecule has 0 saturated carbocycles. The number of ether oxygens (including phenoxy) is 6. The number of rotatable bonds is 17. The molecule has 624 valence electrons. The van der Waals surface area contributed by atoms with Crippen molar-refractivity contribution < 1.29 is 70.2 Å². The van der Waals surface area contributed by atoms with Crippen molar-refractivity contribution in [2.24, 2.45) is 0 Å². The molecule has 0 radical (unpaired) electrons. The highest BCUT2D eigenvalue weighted by Crippen LogP contribution is 2.42. The maximum Gasteiger partial charge on any atom is 0.248 e. The Balaban J connectivity index is 0.000000167. The average Bonchev–Trinajstić information content (AvgIpc) is 1.35. The van der Waals surface area contributed by atoms with Gasteiger partial charge in [-0.1, -0.05) is 82.3 Å². The number of benzene rings is 6. The van der Waals surface area contributed by atoms with Gasteiger partial charge in [-0.3, -0.25) is 14.2 Å². The first-order valence-corrected chi connectivity index (χ1v) is 42.1. The topological polar surface area (TPSA) is 320 Å². The van der Waals surface area contributed by atoms with Crippen molar-refractivity contribution in [2.45, 2.75) is 121 Å². The van der Waals surface area contributed by atoms with Gasteiger partial charge in [0, 0.05) is 103 Å². The van der Waals surface area contributed by atoms with Crippen LogP contribution in [0.3, 0.4) is 0 Å². The lowest BCUT2D eigenvalue weighted by atomic mass is 10.1. The highest BCUT2D eigenvalue weighted by Gasteiger charge is 2.24. The quantitative estimate of drug-likeness (QED) is 0.0146. The Hall–Kier alpha value is -10.3. The van der Waals surface area contributed by atoms with Gasteiger partial charge in [0.15, 0.2) is 0 Å². The molecule has 9 heterocycles. The van der Waals surface area contributed by atoms with Crippen molar-refractivity contribution >= 4 is 145 Å². The maximum atomic E-state index is 13.6. The zero-order valence-corrected chi connectivity index (χ0v) is 69.2. The summed E-state index contributed by atoms with van der Waals surface area (Å²) in [6.07, 6.45) is 25.0. The van der Waals surface area contributed by atoms with Crippen LogP contribution >= 0.6 is 42.2 Å². The van der Waals surface area contributed by atoms with Crippen LogP contribution in [0.25, 0.3) is 32.7 Å². The molecule has 2 amide bonds. The van der Waals surface area contributed by atoms with Gasteiger partial charge < -0.3 is 80.1 Å². The first-order valence-electron chi connectivity index (χ1n) is 38.7. The van der Waals surface area contributed by atoms with Crippen molar-refractivity contribution in [3.05, 3.63) is 171 Å². The van der Waals surface area contributed by atoms with Gasteiger partial charge in [-0.15, -0.1) is 6.42 Å². The van der Waals surface area contributed by atoms with Gasteiger partial charge in [-0.05, 0) is 189 Å². The van der Waals surface area contributed by atoms with E-state index in [4.69, 9.17) is 85.0 Å². The Kier molecular flexibility index (Phi) is 35.4. The summed E-state index contributed by atoms with van der Waals surface area (Å²) in [6, 6.07) is 23.6. The summed E-state index contributed by atoms with van der Waals surface area (Å²) in [4.78, 5) is 63.1. The average molecular weight is 1710 g/mol. The minimum Gasteiger partial charge on any atom is -0.398 e. The molecule has 0 aliphatic carbocycles. The van der Waals surface area contributed by atoms with E-state index < -0.39 is 30.7 Å². The molecular weight excluding hydrogens is 1610 g/mol. The number of carbonyl (C=O) groups excluding carboxylic acids is 3. The third kappa shape index (κ3) is 28.7. The lowest BCUT2D eigenvalue weighted by molar-refractivity contribution is -0.115. The molecule has 15 rings (SSSR count). The first kappa shape index (κ1) is 91.0. The third-order valence-corrected chi connectivity index (χ3v) is 20.9. The number of terminal acetylenes is 1. The number of fused-ring (bicyclic) bond motifs is 3. The van der Waals surface area contributed by atoms with Crippen LogP contribution in [0, 0.1) is 65.3 Å². The lowest BCUT2D eigenvalue weighted by Gasteiger charge is -2.15. The molecule has 25 nitrogen and oxygen atoms in total. The number of anilines is 9. The van der Waals surface area contributed by atoms with Gasteiger partial charge in [-0.25, -0.2) is 43.1 Å². The summed E-state index contributed by atoms with van der Waals surface area (Å²) in [7, 11) is 0.754. The molecular formula is C87H92Cl3F3N13O12P. The Bertz CT molecular complexity index is 5330. The van der Waals surface area contributed by atoms with E-state index in [1.807, 2.05) is 25.1 Å². The zero-order chi connectivity index (χ0) is 84.6. The molecule has 3 aromatic heterocycles. The normalized spacial score (nSPS) is 18.6. The molecule has 6 saturated heterocycles. The first-order chi connectivity index (χ1) is 57.5. The summed E-state index contributed by atoms with van der Waals surface area (Å²) in [5, 5.41) is 25.5. The minimum absolute atomic E-state index is 0.00230. The largest absolute Gasteiger partial charge is 0.398 e. The number of nitrogens with one attached hydrogen (secondary N) is 5. The predicted octanol–water partition coefficient (Wildman–Crippen LogP) is 15.9. The van der Waals surface area contributed by atoms with E-state index in [0.29, 0.717) is 115 Å². The highest BCUT2D eigenvalue weighted by molar-refractivity contribution is 7.59. The van der Waals surface area contributed by atoms with Gasteiger partial charge in [0.05, 0.1) is 73.4 Å². The van der Waals surface area contributed by atoms with Crippen molar-refractivity contribution in [2.75, 3.05) is 119 Å². The van der Waals surface area contributed by atoms with Gasteiger partial charge >= 0.3 is 0 Å². The predicted molar refractivity (Wildman–Crippen MR) is 459 cm³/mol. The number of hydrogen-bond donors (Lipinski definition) is 7. The van der Waals surface area contributed by atoms with Crippen LogP contribution in [0.4, 0.5) is 64.7 Å². The Morgan fingerprint density at radius 2 is 0.992 bits per heavy atom. The second-order valence-electron chi connectivity index (χ2n) is 28.0. The highest BCUT2D eigenvalue weighted by atomic mass is 35.5. The number of amides is 2. The van der Waals surface area contributed by atoms with E-state index in [2.05, 4.69) is 97.9 Å². The number of aliphatic hydroxyl groups excluding tert-OH is 1. The van der Waals surface area contributed by atoms with E-state index in [1.54, 1.807) is 55.5 Å².